The molecule has 6 nitrogen and oxygen atoms in total. The molecule has 26 heavy (non-hydrogen) atoms. The zero-order valence-electron chi connectivity index (χ0n) is 14.3. The van der Waals surface area contributed by atoms with Gasteiger partial charge in [-0.15, -0.1) is 0 Å². The van der Waals surface area contributed by atoms with Crippen molar-refractivity contribution in [2.75, 3.05) is 5.32 Å². The molecule has 3 amide bonds. The summed E-state index contributed by atoms with van der Waals surface area (Å²) in [5.74, 6) is -1.07. The van der Waals surface area contributed by atoms with E-state index in [1.54, 1.807) is 35.4 Å². The molecule has 0 aromatic heterocycles. The molecule has 1 aliphatic rings. The molecular weight excluding hydrogens is 330 g/mol. The molecule has 0 saturated carbocycles. The van der Waals surface area contributed by atoms with Gasteiger partial charge in [0.15, 0.2) is 0 Å². The molecule has 0 bridgehead atoms. The van der Waals surface area contributed by atoms with Crippen molar-refractivity contribution in [3.63, 3.8) is 0 Å². The van der Waals surface area contributed by atoms with Crippen LogP contribution in [0, 0.1) is 0 Å². The molecule has 6 heteroatoms. The molecule has 1 aliphatic heterocycles. The van der Waals surface area contributed by atoms with Gasteiger partial charge in [0.25, 0.3) is 5.91 Å². The SMILES string of the molecule is CC(=O)N1C=Cc2ccccc2C1CC(=O)Nc1ccccc1C(N)=O. The van der Waals surface area contributed by atoms with Crippen LogP contribution in [0.4, 0.5) is 5.69 Å². The van der Waals surface area contributed by atoms with Gasteiger partial charge < -0.3 is 16.0 Å². The molecule has 3 rings (SSSR count). The first kappa shape index (κ1) is 17.4. The second kappa shape index (κ2) is 7.23. The molecule has 3 N–H and O–H groups in total. The monoisotopic (exact) mass is 349 g/mol. The van der Waals surface area contributed by atoms with Crippen molar-refractivity contribution in [3.8, 4) is 0 Å². The van der Waals surface area contributed by atoms with Gasteiger partial charge in [0.2, 0.25) is 11.8 Å². The maximum atomic E-state index is 12.6. The molecular formula is C20H19N3O3. The molecule has 132 valence electrons. The van der Waals surface area contributed by atoms with Gasteiger partial charge in [-0.2, -0.15) is 0 Å². The van der Waals surface area contributed by atoms with Crippen molar-refractivity contribution in [2.45, 2.75) is 19.4 Å². The Balaban J connectivity index is 1.84. The van der Waals surface area contributed by atoms with Gasteiger partial charge >= 0.3 is 0 Å². The summed E-state index contributed by atoms with van der Waals surface area (Å²) in [6.45, 7) is 1.46. The average molecular weight is 349 g/mol. The topological polar surface area (TPSA) is 92.5 Å². The molecule has 0 spiro atoms. The zero-order valence-corrected chi connectivity index (χ0v) is 14.3. The molecule has 0 fully saturated rings. The number of nitrogens with zero attached hydrogens (tertiary/aromatic N) is 1. The first-order chi connectivity index (χ1) is 12.5. The predicted octanol–water partition coefficient (Wildman–Crippen LogP) is 2.69. The van der Waals surface area contributed by atoms with Crippen LogP contribution in [0.15, 0.2) is 54.7 Å². The number of anilines is 1. The lowest BCUT2D eigenvalue weighted by atomic mass is 9.93. The smallest absolute Gasteiger partial charge is 0.250 e. The normalized spacial score (nSPS) is 15.3. The van der Waals surface area contributed by atoms with Crippen molar-refractivity contribution >= 4 is 29.5 Å². The number of para-hydroxylation sites is 1. The molecule has 0 saturated heterocycles. The van der Waals surface area contributed by atoms with Gasteiger partial charge in [0.05, 0.1) is 23.7 Å². The number of carbonyl (C=O) groups is 3. The Labute approximate surface area is 151 Å². The molecule has 1 unspecified atom stereocenters. The number of amides is 3. The van der Waals surface area contributed by atoms with Crippen molar-refractivity contribution in [1.82, 2.24) is 4.90 Å². The number of carbonyl (C=O) groups excluding carboxylic acids is 3. The lowest BCUT2D eigenvalue weighted by molar-refractivity contribution is -0.129. The number of nitrogens with two attached hydrogens (primary N) is 1. The highest BCUT2D eigenvalue weighted by Gasteiger charge is 2.28. The lowest BCUT2D eigenvalue weighted by Crippen LogP contribution is -2.33. The van der Waals surface area contributed by atoms with Crippen LogP contribution in [-0.2, 0) is 9.59 Å². The summed E-state index contributed by atoms with van der Waals surface area (Å²) in [4.78, 5) is 37.6. The molecule has 2 aromatic carbocycles. The Kier molecular flexibility index (Phi) is 4.84. The minimum Gasteiger partial charge on any atom is -0.366 e. The number of primary amides is 1. The summed E-state index contributed by atoms with van der Waals surface area (Å²) < 4.78 is 0. The van der Waals surface area contributed by atoms with Crippen LogP contribution in [-0.4, -0.2) is 22.6 Å². The number of hydrogen-bond acceptors (Lipinski definition) is 3. The molecule has 0 aliphatic carbocycles. The minimum absolute atomic E-state index is 0.0635. The highest BCUT2D eigenvalue weighted by Crippen LogP contribution is 2.33. The maximum absolute atomic E-state index is 12.6. The highest BCUT2D eigenvalue weighted by molar-refractivity contribution is 6.03. The van der Waals surface area contributed by atoms with Gasteiger partial charge in [-0.3, -0.25) is 14.4 Å². The standard InChI is InChI=1S/C20H19N3O3/c1-13(24)23-11-10-14-6-2-3-7-15(14)18(23)12-19(25)22-17-9-5-4-8-16(17)20(21)26/h2-11,18H,12H2,1H3,(H2,21,26)(H,22,25). The zero-order chi connectivity index (χ0) is 18.7. The van der Waals surface area contributed by atoms with Crippen molar-refractivity contribution < 1.29 is 14.4 Å². The second-order valence-corrected chi connectivity index (χ2v) is 6.05. The fraction of sp³-hybridized carbons (Fsp3) is 0.150. The second-order valence-electron chi connectivity index (χ2n) is 6.05. The van der Waals surface area contributed by atoms with Crippen LogP contribution in [0.3, 0.4) is 0 Å². The molecule has 1 atom stereocenters. The molecule has 0 radical (unpaired) electrons. The highest BCUT2D eigenvalue weighted by atomic mass is 16.2. The van der Waals surface area contributed by atoms with Crippen LogP contribution in [0.2, 0.25) is 0 Å². The van der Waals surface area contributed by atoms with E-state index in [-0.39, 0.29) is 23.8 Å². The van der Waals surface area contributed by atoms with Gasteiger partial charge in [-0.25, -0.2) is 0 Å². The molecule has 1 heterocycles. The number of rotatable bonds is 4. The van der Waals surface area contributed by atoms with Crippen LogP contribution in [0.25, 0.3) is 6.08 Å². The lowest BCUT2D eigenvalue weighted by Gasteiger charge is -2.32. The summed E-state index contributed by atoms with van der Waals surface area (Å²) in [5, 5.41) is 2.73. The average Bonchev–Trinajstić information content (AvgIpc) is 2.62. The Morgan fingerprint density at radius 1 is 1.08 bits per heavy atom. The first-order valence-corrected chi connectivity index (χ1v) is 8.22. The minimum atomic E-state index is -0.614. The summed E-state index contributed by atoms with van der Waals surface area (Å²) in [6, 6.07) is 13.8. The number of benzene rings is 2. The quantitative estimate of drug-likeness (QED) is 0.889. The van der Waals surface area contributed by atoms with Gasteiger partial charge in [-0.1, -0.05) is 36.4 Å². The largest absolute Gasteiger partial charge is 0.366 e. The van der Waals surface area contributed by atoms with Crippen LogP contribution in [0.1, 0.15) is 40.9 Å². The summed E-state index contributed by atoms with van der Waals surface area (Å²) in [5.41, 5.74) is 7.83. The van der Waals surface area contributed by atoms with Crippen LogP contribution in [0.5, 0.6) is 0 Å². The third-order valence-corrected chi connectivity index (χ3v) is 4.31. The van der Waals surface area contributed by atoms with E-state index in [4.69, 9.17) is 5.73 Å². The third kappa shape index (κ3) is 3.49. The maximum Gasteiger partial charge on any atom is 0.250 e. The summed E-state index contributed by atoms with van der Waals surface area (Å²) in [6.07, 6.45) is 3.61. The van der Waals surface area contributed by atoms with Gasteiger partial charge in [-0.05, 0) is 29.3 Å². The van der Waals surface area contributed by atoms with E-state index in [1.807, 2.05) is 30.3 Å². The van der Waals surface area contributed by atoms with Crippen molar-refractivity contribution in [2.24, 2.45) is 5.73 Å². The van der Waals surface area contributed by atoms with Gasteiger partial charge in [0.1, 0.15) is 0 Å². The van der Waals surface area contributed by atoms with E-state index < -0.39 is 11.9 Å². The summed E-state index contributed by atoms with van der Waals surface area (Å²) in [7, 11) is 0. The number of hydrogen-bond donors (Lipinski definition) is 2. The number of fused-ring (bicyclic) bond motifs is 1. The Morgan fingerprint density at radius 3 is 2.50 bits per heavy atom. The fourth-order valence-electron chi connectivity index (χ4n) is 3.10. The Hall–Kier alpha value is -3.41. The van der Waals surface area contributed by atoms with Crippen LogP contribution >= 0.6 is 0 Å². The fourth-order valence-corrected chi connectivity index (χ4v) is 3.10. The third-order valence-electron chi connectivity index (χ3n) is 4.31. The van der Waals surface area contributed by atoms with E-state index in [0.717, 1.165) is 11.1 Å². The van der Waals surface area contributed by atoms with Gasteiger partial charge in [0, 0.05) is 13.1 Å². The summed E-state index contributed by atoms with van der Waals surface area (Å²) >= 11 is 0. The van der Waals surface area contributed by atoms with E-state index in [0.29, 0.717) is 5.69 Å². The predicted molar refractivity (Wildman–Crippen MR) is 98.9 cm³/mol. The number of nitrogens with one attached hydrogen (secondary N) is 1. The Bertz CT molecular complexity index is 905. The van der Waals surface area contributed by atoms with Crippen molar-refractivity contribution in [3.05, 3.63) is 71.4 Å². The van der Waals surface area contributed by atoms with E-state index in [1.165, 1.54) is 6.92 Å². The first-order valence-electron chi connectivity index (χ1n) is 8.22. The van der Waals surface area contributed by atoms with Crippen LogP contribution < -0.4 is 11.1 Å². The Morgan fingerprint density at radius 2 is 1.77 bits per heavy atom. The van der Waals surface area contributed by atoms with E-state index >= 15 is 0 Å². The molecule has 2 aromatic rings. The van der Waals surface area contributed by atoms with E-state index in [9.17, 15) is 14.4 Å². The van der Waals surface area contributed by atoms with Crippen molar-refractivity contribution in [1.29, 1.82) is 0 Å². The van der Waals surface area contributed by atoms with E-state index in [2.05, 4.69) is 5.32 Å².